The number of halogens is 2. The standard InChI is InChI=1S/C13H13Cl2NO3/c14-9-1-2-10(11(15)7-9)12(17)16-5-3-8(4-6-16)13(18)19/h1-2,7-8H,3-6H2,(H,18,19)/p-1. The Hall–Kier alpha value is -1.26. The molecule has 1 saturated heterocycles. The van der Waals surface area contributed by atoms with Crippen molar-refractivity contribution in [1.82, 2.24) is 4.90 Å². The van der Waals surface area contributed by atoms with E-state index < -0.39 is 11.9 Å². The topological polar surface area (TPSA) is 60.4 Å². The van der Waals surface area contributed by atoms with Gasteiger partial charge >= 0.3 is 0 Å². The van der Waals surface area contributed by atoms with E-state index in [1.165, 1.54) is 6.07 Å². The molecular weight excluding hydrogens is 289 g/mol. The number of amides is 1. The third-order valence-electron chi connectivity index (χ3n) is 3.28. The number of rotatable bonds is 2. The number of hydrogen-bond donors (Lipinski definition) is 0. The molecule has 19 heavy (non-hydrogen) atoms. The molecule has 0 saturated carbocycles. The van der Waals surface area contributed by atoms with Crippen LogP contribution in [0.2, 0.25) is 10.0 Å². The normalized spacial score (nSPS) is 16.4. The van der Waals surface area contributed by atoms with Crippen molar-refractivity contribution in [2.75, 3.05) is 13.1 Å². The molecule has 0 bridgehead atoms. The quantitative estimate of drug-likeness (QED) is 0.833. The predicted molar refractivity (Wildman–Crippen MR) is 70.1 cm³/mol. The number of carboxylic acid groups (broad SMARTS) is 1. The van der Waals surface area contributed by atoms with Gasteiger partial charge in [-0.3, -0.25) is 4.79 Å². The van der Waals surface area contributed by atoms with E-state index in [0.717, 1.165) is 0 Å². The lowest BCUT2D eigenvalue weighted by Gasteiger charge is -2.32. The molecule has 0 radical (unpaired) electrons. The summed E-state index contributed by atoms with van der Waals surface area (Å²) in [6, 6.07) is 4.71. The van der Waals surface area contributed by atoms with Crippen LogP contribution in [0.4, 0.5) is 0 Å². The van der Waals surface area contributed by atoms with Gasteiger partial charge in [0, 0.05) is 30.0 Å². The van der Waals surface area contributed by atoms with Crippen molar-refractivity contribution in [3.05, 3.63) is 33.8 Å². The first-order chi connectivity index (χ1) is 8.99. The number of piperidine rings is 1. The first-order valence-corrected chi connectivity index (χ1v) is 6.70. The lowest BCUT2D eigenvalue weighted by atomic mass is 9.96. The summed E-state index contributed by atoms with van der Waals surface area (Å²) in [4.78, 5) is 24.6. The van der Waals surface area contributed by atoms with E-state index in [1.54, 1.807) is 17.0 Å². The molecule has 1 amide bonds. The fourth-order valence-corrected chi connectivity index (χ4v) is 2.64. The van der Waals surface area contributed by atoms with Crippen molar-refractivity contribution in [2.24, 2.45) is 5.92 Å². The van der Waals surface area contributed by atoms with Crippen molar-refractivity contribution in [2.45, 2.75) is 12.8 Å². The second kappa shape index (κ2) is 5.80. The van der Waals surface area contributed by atoms with E-state index in [1.807, 2.05) is 0 Å². The maximum absolute atomic E-state index is 12.2. The molecular formula is C13H12Cl2NO3-. The molecule has 0 N–H and O–H groups in total. The number of carboxylic acids is 1. The van der Waals surface area contributed by atoms with Gasteiger partial charge in [-0.1, -0.05) is 23.2 Å². The molecule has 4 nitrogen and oxygen atoms in total. The molecule has 0 atom stereocenters. The van der Waals surface area contributed by atoms with Crippen LogP contribution in [-0.4, -0.2) is 29.9 Å². The van der Waals surface area contributed by atoms with Crippen LogP contribution < -0.4 is 5.11 Å². The molecule has 6 heteroatoms. The third-order valence-corrected chi connectivity index (χ3v) is 3.82. The van der Waals surface area contributed by atoms with Crippen LogP contribution in [-0.2, 0) is 4.79 Å². The second-order valence-corrected chi connectivity index (χ2v) is 5.35. The first kappa shape index (κ1) is 14.2. The van der Waals surface area contributed by atoms with E-state index in [-0.39, 0.29) is 5.91 Å². The van der Waals surface area contributed by atoms with Gasteiger partial charge in [-0.25, -0.2) is 0 Å². The molecule has 0 aliphatic carbocycles. The summed E-state index contributed by atoms with van der Waals surface area (Å²) in [6.07, 6.45) is 0.832. The maximum atomic E-state index is 12.2. The van der Waals surface area contributed by atoms with Gasteiger partial charge in [0.15, 0.2) is 0 Å². The lowest BCUT2D eigenvalue weighted by Crippen LogP contribution is -2.43. The van der Waals surface area contributed by atoms with Crippen LogP contribution in [0.1, 0.15) is 23.2 Å². The Balaban J connectivity index is 2.07. The van der Waals surface area contributed by atoms with Crippen LogP contribution in [0.3, 0.4) is 0 Å². The Morgan fingerprint density at radius 2 is 1.84 bits per heavy atom. The summed E-state index contributed by atoms with van der Waals surface area (Å²) >= 11 is 11.8. The molecule has 1 fully saturated rings. The van der Waals surface area contributed by atoms with Crippen LogP contribution in [0, 0.1) is 5.92 Å². The summed E-state index contributed by atoms with van der Waals surface area (Å²) in [5.74, 6) is -1.71. The Kier molecular flexibility index (Phi) is 4.32. The predicted octanol–water partition coefficient (Wildman–Crippen LogP) is 1.60. The highest BCUT2D eigenvalue weighted by atomic mass is 35.5. The van der Waals surface area contributed by atoms with E-state index in [4.69, 9.17) is 23.2 Å². The Morgan fingerprint density at radius 3 is 2.37 bits per heavy atom. The molecule has 1 aromatic carbocycles. The molecule has 1 aromatic rings. The molecule has 1 aliphatic heterocycles. The van der Waals surface area contributed by atoms with Gasteiger partial charge in [-0.15, -0.1) is 0 Å². The summed E-state index contributed by atoms with van der Waals surface area (Å²) < 4.78 is 0. The number of carbonyl (C=O) groups excluding carboxylic acids is 2. The number of hydrogen-bond acceptors (Lipinski definition) is 3. The van der Waals surface area contributed by atoms with Crippen molar-refractivity contribution < 1.29 is 14.7 Å². The first-order valence-electron chi connectivity index (χ1n) is 5.94. The minimum Gasteiger partial charge on any atom is -0.550 e. The number of likely N-dealkylation sites (tertiary alicyclic amines) is 1. The molecule has 0 unspecified atom stereocenters. The van der Waals surface area contributed by atoms with Crippen molar-refractivity contribution in [3.8, 4) is 0 Å². The van der Waals surface area contributed by atoms with Gasteiger partial charge in [0.25, 0.3) is 5.91 Å². The van der Waals surface area contributed by atoms with Crippen molar-refractivity contribution in [3.63, 3.8) is 0 Å². The highest BCUT2D eigenvalue weighted by molar-refractivity contribution is 6.36. The lowest BCUT2D eigenvalue weighted by molar-refractivity contribution is -0.312. The Bertz CT molecular complexity index is 511. The SMILES string of the molecule is O=C([O-])C1CCN(C(=O)c2ccc(Cl)cc2Cl)CC1. The molecule has 102 valence electrons. The number of carbonyl (C=O) groups is 2. The van der Waals surface area contributed by atoms with Gasteiger partial charge in [0.05, 0.1) is 10.6 Å². The highest BCUT2D eigenvalue weighted by Gasteiger charge is 2.25. The molecule has 0 aromatic heterocycles. The van der Waals surface area contributed by atoms with Gasteiger partial charge in [-0.2, -0.15) is 0 Å². The molecule has 2 rings (SSSR count). The van der Waals surface area contributed by atoms with Gasteiger partial charge < -0.3 is 14.8 Å². The average Bonchev–Trinajstić information content (AvgIpc) is 2.38. The third kappa shape index (κ3) is 3.19. The second-order valence-electron chi connectivity index (χ2n) is 4.51. The summed E-state index contributed by atoms with van der Waals surface area (Å²) in [7, 11) is 0. The monoisotopic (exact) mass is 300 g/mol. The summed E-state index contributed by atoms with van der Waals surface area (Å²) in [5.41, 5.74) is 0.387. The van der Waals surface area contributed by atoms with Crippen LogP contribution in [0.15, 0.2) is 18.2 Å². The minimum atomic E-state index is -1.04. The number of benzene rings is 1. The smallest absolute Gasteiger partial charge is 0.255 e. The van der Waals surface area contributed by atoms with Crippen molar-refractivity contribution in [1.29, 1.82) is 0 Å². The van der Waals surface area contributed by atoms with Gasteiger partial charge in [-0.05, 0) is 31.0 Å². The van der Waals surface area contributed by atoms with E-state index in [2.05, 4.69) is 0 Å². The van der Waals surface area contributed by atoms with E-state index >= 15 is 0 Å². The Morgan fingerprint density at radius 1 is 1.21 bits per heavy atom. The minimum absolute atomic E-state index is 0.196. The largest absolute Gasteiger partial charge is 0.550 e. The number of nitrogens with zero attached hydrogens (tertiary/aromatic N) is 1. The van der Waals surface area contributed by atoms with Crippen LogP contribution in [0.5, 0.6) is 0 Å². The summed E-state index contributed by atoms with van der Waals surface area (Å²) in [5, 5.41) is 11.5. The van der Waals surface area contributed by atoms with E-state index in [0.29, 0.717) is 41.5 Å². The fourth-order valence-electron chi connectivity index (χ4n) is 2.15. The van der Waals surface area contributed by atoms with Gasteiger partial charge in [0.2, 0.25) is 0 Å². The number of aliphatic carboxylic acids is 1. The van der Waals surface area contributed by atoms with Crippen LogP contribution in [0.25, 0.3) is 0 Å². The molecule has 1 heterocycles. The average molecular weight is 301 g/mol. The van der Waals surface area contributed by atoms with Crippen molar-refractivity contribution >= 4 is 35.1 Å². The fraction of sp³-hybridized carbons (Fsp3) is 0.385. The Labute approximate surface area is 120 Å². The zero-order valence-electron chi connectivity index (χ0n) is 10.1. The summed E-state index contributed by atoms with van der Waals surface area (Å²) in [6.45, 7) is 0.798. The van der Waals surface area contributed by atoms with Gasteiger partial charge in [0.1, 0.15) is 0 Å². The zero-order chi connectivity index (χ0) is 14.0. The molecule has 1 aliphatic rings. The highest BCUT2D eigenvalue weighted by Crippen LogP contribution is 2.24. The van der Waals surface area contributed by atoms with Crippen LogP contribution >= 0.6 is 23.2 Å². The zero-order valence-corrected chi connectivity index (χ0v) is 11.6. The van der Waals surface area contributed by atoms with E-state index in [9.17, 15) is 14.7 Å². The maximum Gasteiger partial charge on any atom is 0.255 e. The molecule has 0 spiro atoms.